The number of hydrogen-bond acceptors (Lipinski definition) is 5. The van der Waals surface area contributed by atoms with Crippen LogP contribution in [0.1, 0.15) is 18.4 Å². The molecule has 0 spiro atoms. The molecule has 3 saturated heterocycles. The zero-order valence-electron chi connectivity index (χ0n) is 14.7. The second-order valence-electron chi connectivity index (χ2n) is 6.82. The predicted molar refractivity (Wildman–Crippen MR) is 103 cm³/mol. The highest BCUT2D eigenvalue weighted by molar-refractivity contribution is 7.13. The van der Waals surface area contributed by atoms with Gasteiger partial charge in [0.15, 0.2) is 5.82 Å². The molecule has 28 heavy (non-hydrogen) atoms. The number of nitrogens with one attached hydrogen (secondary N) is 1. The van der Waals surface area contributed by atoms with Gasteiger partial charge in [0.25, 0.3) is 0 Å². The van der Waals surface area contributed by atoms with Crippen molar-refractivity contribution in [3.63, 3.8) is 0 Å². The summed E-state index contributed by atoms with van der Waals surface area (Å²) >= 11 is 1.17. The number of rotatable bonds is 3. The van der Waals surface area contributed by atoms with Gasteiger partial charge in [0, 0.05) is 6.54 Å². The Morgan fingerprint density at radius 2 is 2.04 bits per heavy atom. The molecule has 3 aliphatic rings. The molecule has 5 nitrogen and oxygen atoms in total. The fourth-order valence-electron chi connectivity index (χ4n) is 3.68. The molecule has 152 valence electrons. The molecule has 5 rings (SSSR count). The summed E-state index contributed by atoms with van der Waals surface area (Å²) in [5.41, 5.74) is 1.10. The first-order valence-corrected chi connectivity index (χ1v) is 9.59. The number of hydrogen-bond donors (Lipinski definition) is 1. The lowest BCUT2D eigenvalue weighted by Gasteiger charge is -2.43. The van der Waals surface area contributed by atoms with Crippen molar-refractivity contribution in [2.24, 2.45) is 5.92 Å². The highest BCUT2D eigenvalue weighted by Crippen LogP contribution is 2.36. The average Bonchev–Trinajstić information content (AvgIpc) is 3.10. The van der Waals surface area contributed by atoms with E-state index in [1.54, 1.807) is 6.07 Å². The fraction of sp³-hybridized carbons (Fsp3) is 0.444. The van der Waals surface area contributed by atoms with Crippen molar-refractivity contribution in [3.05, 3.63) is 35.3 Å². The number of carbonyl (C=O) groups is 1. The Bertz CT molecular complexity index is 837. The smallest absolute Gasteiger partial charge is 0.416 e. The summed E-state index contributed by atoms with van der Waals surface area (Å²) in [4.78, 5) is 19.1. The first kappa shape index (κ1) is 20.9. The number of anilines is 1. The molecule has 1 atom stereocenters. The first-order valence-electron chi connectivity index (χ1n) is 8.71. The number of fused-ring (bicyclic) bond motifs is 3. The van der Waals surface area contributed by atoms with Crippen LogP contribution in [0.3, 0.4) is 0 Å². The van der Waals surface area contributed by atoms with Crippen molar-refractivity contribution in [2.45, 2.75) is 25.1 Å². The van der Waals surface area contributed by atoms with E-state index in [2.05, 4.69) is 15.2 Å². The van der Waals surface area contributed by atoms with Gasteiger partial charge in [-0.25, -0.2) is 9.78 Å². The Morgan fingerprint density at radius 1 is 1.29 bits per heavy atom. The third-order valence-electron chi connectivity index (χ3n) is 5.09. The largest absolute Gasteiger partial charge is 0.444 e. The van der Waals surface area contributed by atoms with Crippen LogP contribution in [-0.2, 0) is 10.9 Å². The third kappa shape index (κ3) is 4.42. The zero-order chi connectivity index (χ0) is 19.0. The number of piperidine rings is 3. The molecule has 0 unspecified atom stereocenters. The van der Waals surface area contributed by atoms with E-state index < -0.39 is 17.8 Å². The van der Waals surface area contributed by atoms with Gasteiger partial charge in [-0.15, -0.1) is 23.7 Å². The molecule has 10 heteroatoms. The third-order valence-corrected chi connectivity index (χ3v) is 5.97. The molecule has 3 aliphatic heterocycles. The van der Waals surface area contributed by atoms with Crippen LogP contribution in [0.5, 0.6) is 0 Å². The lowest BCUT2D eigenvalue weighted by atomic mass is 9.86. The van der Waals surface area contributed by atoms with E-state index in [1.807, 2.05) is 0 Å². The summed E-state index contributed by atoms with van der Waals surface area (Å²) in [6.07, 6.45) is -3.16. The molecule has 1 N–H and O–H groups in total. The van der Waals surface area contributed by atoms with Crippen LogP contribution in [-0.4, -0.2) is 41.7 Å². The van der Waals surface area contributed by atoms with Gasteiger partial charge in [0.2, 0.25) is 0 Å². The molecule has 0 aliphatic carbocycles. The number of benzene rings is 1. The van der Waals surface area contributed by atoms with Crippen LogP contribution in [0, 0.1) is 5.92 Å². The van der Waals surface area contributed by atoms with Gasteiger partial charge in [-0.1, -0.05) is 12.1 Å². The Kier molecular flexibility index (Phi) is 6.16. The zero-order valence-corrected chi connectivity index (χ0v) is 16.4. The van der Waals surface area contributed by atoms with Crippen LogP contribution in [0.15, 0.2) is 29.8 Å². The SMILES string of the molecule is Cl.O=C(Nc1ncsc1-c1cccc(C(F)(F)F)c1)O[C@H]1CN2CCC1CC2. The van der Waals surface area contributed by atoms with E-state index in [0.29, 0.717) is 16.4 Å². The first-order chi connectivity index (χ1) is 12.9. The Labute approximate surface area is 170 Å². The molecule has 2 bridgehead atoms. The van der Waals surface area contributed by atoms with Crippen molar-refractivity contribution in [2.75, 3.05) is 25.0 Å². The molecule has 1 aromatic heterocycles. The summed E-state index contributed by atoms with van der Waals surface area (Å²) < 4.78 is 44.4. The van der Waals surface area contributed by atoms with Crippen molar-refractivity contribution >= 4 is 35.7 Å². The summed E-state index contributed by atoms with van der Waals surface area (Å²) in [6.45, 7) is 2.81. The van der Waals surface area contributed by atoms with Gasteiger partial charge in [0.05, 0.1) is 16.0 Å². The molecular formula is C18H19ClF3N3O2S. The topological polar surface area (TPSA) is 54.5 Å². The van der Waals surface area contributed by atoms with Gasteiger partial charge in [-0.2, -0.15) is 13.2 Å². The van der Waals surface area contributed by atoms with E-state index >= 15 is 0 Å². The van der Waals surface area contributed by atoms with Crippen molar-refractivity contribution in [3.8, 4) is 10.4 Å². The van der Waals surface area contributed by atoms with Crippen molar-refractivity contribution < 1.29 is 22.7 Å². The van der Waals surface area contributed by atoms with Gasteiger partial charge in [-0.3, -0.25) is 10.2 Å². The summed E-state index contributed by atoms with van der Waals surface area (Å²) in [6, 6.07) is 4.97. The number of nitrogens with zero attached hydrogens (tertiary/aromatic N) is 2. The maximum atomic E-state index is 12.9. The normalized spacial score (nSPS) is 23.8. The van der Waals surface area contributed by atoms with E-state index in [1.165, 1.54) is 22.9 Å². The van der Waals surface area contributed by atoms with E-state index in [0.717, 1.165) is 44.6 Å². The van der Waals surface area contributed by atoms with Crippen LogP contribution in [0.2, 0.25) is 0 Å². The second-order valence-corrected chi connectivity index (χ2v) is 7.67. The second kappa shape index (κ2) is 8.26. The Hall–Kier alpha value is -1.84. The maximum Gasteiger partial charge on any atom is 0.416 e. The van der Waals surface area contributed by atoms with Gasteiger partial charge in [-0.05, 0) is 49.5 Å². The number of alkyl halides is 3. The highest BCUT2D eigenvalue weighted by Gasteiger charge is 2.36. The van der Waals surface area contributed by atoms with Crippen LogP contribution in [0.25, 0.3) is 10.4 Å². The van der Waals surface area contributed by atoms with E-state index in [9.17, 15) is 18.0 Å². The van der Waals surface area contributed by atoms with E-state index in [4.69, 9.17) is 4.74 Å². The molecular weight excluding hydrogens is 415 g/mol. The number of thiazole rings is 1. The number of aromatic nitrogens is 1. The molecule has 0 radical (unpaired) electrons. The molecule has 0 saturated carbocycles. The lowest BCUT2D eigenvalue weighted by Crippen LogP contribution is -2.52. The Balaban J connectivity index is 0.00000225. The van der Waals surface area contributed by atoms with Crippen LogP contribution < -0.4 is 5.32 Å². The minimum atomic E-state index is -4.43. The maximum absolute atomic E-state index is 12.9. The van der Waals surface area contributed by atoms with Crippen LogP contribution in [0.4, 0.5) is 23.8 Å². The minimum Gasteiger partial charge on any atom is -0.444 e. The number of ether oxygens (including phenoxy) is 1. The monoisotopic (exact) mass is 433 g/mol. The lowest BCUT2D eigenvalue weighted by molar-refractivity contribution is -0.137. The van der Waals surface area contributed by atoms with Crippen molar-refractivity contribution in [1.82, 2.24) is 9.88 Å². The summed E-state index contributed by atoms with van der Waals surface area (Å²) in [7, 11) is 0. The number of amides is 1. The van der Waals surface area contributed by atoms with E-state index in [-0.39, 0.29) is 24.3 Å². The number of halogens is 4. The average molecular weight is 434 g/mol. The standard InChI is InChI=1S/C18H18F3N3O2S.ClH/c19-18(20,21)13-3-1-2-12(8-13)15-16(22-10-27-15)23-17(25)26-14-9-24-6-4-11(14)5-7-24;/h1-3,8,10-11,14H,4-7,9H2,(H,23,25);1H/t14-;/m0./s1. The minimum absolute atomic E-state index is 0. The van der Waals surface area contributed by atoms with Crippen molar-refractivity contribution in [1.29, 1.82) is 0 Å². The Morgan fingerprint density at radius 3 is 2.68 bits per heavy atom. The molecule has 3 fully saturated rings. The fourth-order valence-corrected chi connectivity index (χ4v) is 4.43. The van der Waals surface area contributed by atoms with Gasteiger partial charge < -0.3 is 4.74 Å². The van der Waals surface area contributed by atoms with Gasteiger partial charge in [0.1, 0.15) is 6.10 Å². The predicted octanol–water partition coefficient (Wildman–Crippen LogP) is 4.89. The molecule has 2 aromatic rings. The molecule has 1 aromatic carbocycles. The summed E-state index contributed by atoms with van der Waals surface area (Å²) in [5.74, 6) is 0.588. The molecule has 1 amide bonds. The quantitative estimate of drug-likeness (QED) is 0.748. The van der Waals surface area contributed by atoms with Crippen LogP contribution >= 0.6 is 23.7 Å². The highest BCUT2D eigenvalue weighted by atomic mass is 35.5. The van der Waals surface area contributed by atoms with Gasteiger partial charge >= 0.3 is 12.3 Å². The number of carbonyl (C=O) groups excluding carboxylic acids is 1. The summed E-state index contributed by atoms with van der Waals surface area (Å²) in [5, 5.41) is 2.59. The molecule has 4 heterocycles.